The summed E-state index contributed by atoms with van der Waals surface area (Å²) in [5.74, 6) is 0.588. The average molecular weight is 99.2 g/mol. The molecule has 0 unspecified atom stereocenters. The third-order valence-electron chi connectivity index (χ3n) is 0.596. The highest BCUT2D eigenvalue weighted by atomic mass is 14.5. The van der Waals surface area contributed by atoms with Crippen molar-refractivity contribution in [1.82, 2.24) is 0 Å². The minimum absolute atomic E-state index is 0.588. The van der Waals surface area contributed by atoms with E-state index in [4.69, 9.17) is 5.73 Å². The van der Waals surface area contributed by atoms with Crippen LogP contribution in [0.15, 0.2) is 11.8 Å². The van der Waals surface area contributed by atoms with Crippen LogP contribution in [0.2, 0.25) is 0 Å². The lowest BCUT2D eigenvalue weighted by Gasteiger charge is -1.93. The van der Waals surface area contributed by atoms with Crippen LogP contribution in [0.3, 0.4) is 0 Å². The van der Waals surface area contributed by atoms with Gasteiger partial charge in [0, 0.05) is 5.70 Å². The van der Waals surface area contributed by atoms with Crippen LogP contribution < -0.4 is 5.73 Å². The van der Waals surface area contributed by atoms with Crippen LogP contribution in [0, 0.1) is 5.92 Å². The first-order valence-corrected chi connectivity index (χ1v) is 2.57. The van der Waals surface area contributed by atoms with Crippen LogP contribution in [0.1, 0.15) is 20.8 Å². The lowest BCUT2D eigenvalue weighted by atomic mass is 10.2. The third kappa shape index (κ3) is 5.54. The summed E-state index contributed by atoms with van der Waals surface area (Å²) in [6.07, 6.45) is 2.03. The summed E-state index contributed by atoms with van der Waals surface area (Å²) in [6, 6.07) is 0. The first-order chi connectivity index (χ1) is 3.13. The molecule has 0 amide bonds. The van der Waals surface area contributed by atoms with Gasteiger partial charge in [0.05, 0.1) is 0 Å². The SMILES string of the molecule is CC(N)=CC(C)C. The van der Waals surface area contributed by atoms with E-state index in [1.54, 1.807) is 0 Å². The van der Waals surface area contributed by atoms with Crippen molar-refractivity contribution in [3.8, 4) is 0 Å². The van der Waals surface area contributed by atoms with E-state index in [1.807, 2.05) is 13.0 Å². The molecule has 0 saturated heterocycles. The summed E-state index contributed by atoms with van der Waals surface area (Å²) >= 11 is 0. The largest absolute Gasteiger partial charge is 0.403 e. The Morgan fingerprint density at radius 1 is 1.57 bits per heavy atom. The maximum absolute atomic E-state index is 5.35. The molecule has 0 aromatic carbocycles. The lowest BCUT2D eigenvalue weighted by molar-refractivity contribution is 0.819. The van der Waals surface area contributed by atoms with Crippen LogP contribution in [0.25, 0.3) is 0 Å². The van der Waals surface area contributed by atoms with Crippen molar-refractivity contribution in [2.45, 2.75) is 20.8 Å². The molecule has 0 bridgehead atoms. The zero-order valence-corrected chi connectivity index (χ0v) is 5.23. The molecule has 0 rings (SSSR count). The van der Waals surface area contributed by atoms with E-state index in [-0.39, 0.29) is 0 Å². The smallest absolute Gasteiger partial charge is 0.00109 e. The van der Waals surface area contributed by atoms with Gasteiger partial charge in [0.1, 0.15) is 0 Å². The Balaban J connectivity index is 3.45. The second kappa shape index (κ2) is 2.67. The normalized spacial score (nSPS) is 12.9. The predicted molar refractivity (Wildman–Crippen MR) is 32.8 cm³/mol. The summed E-state index contributed by atoms with van der Waals surface area (Å²) in [6.45, 7) is 6.12. The first-order valence-electron chi connectivity index (χ1n) is 2.57. The van der Waals surface area contributed by atoms with E-state index in [2.05, 4.69) is 13.8 Å². The number of rotatable bonds is 1. The first kappa shape index (κ1) is 6.54. The Bertz CT molecular complexity index is 68.2. The molecule has 1 heteroatoms. The Morgan fingerprint density at radius 3 is 2.00 bits per heavy atom. The van der Waals surface area contributed by atoms with Gasteiger partial charge < -0.3 is 5.73 Å². The molecule has 0 aliphatic heterocycles. The van der Waals surface area contributed by atoms with Crippen LogP contribution in [-0.2, 0) is 0 Å². The summed E-state index contributed by atoms with van der Waals surface area (Å²) in [7, 11) is 0. The molecule has 0 fully saturated rings. The second-order valence-corrected chi connectivity index (χ2v) is 2.15. The quantitative estimate of drug-likeness (QED) is 0.529. The van der Waals surface area contributed by atoms with Crippen molar-refractivity contribution in [2.24, 2.45) is 11.7 Å². The predicted octanol–water partition coefficient (Wildman–Crippen LogP) is 1.50. The fourth-order valence-electron chi connectivity index (χ4n) is 0.526. The molecule has 2 N–H and O–H groups in total. The summed E-state index contributed by atoms with van der Waals surface area (Å²) in [5.41, 5.74) is 6.27. The maximum atomic E-state index is 5.35. The molecular weight excluding hydrogens is 86.1 g/mol. The standard InChI is InChI=1S/C6H13N/c1-5(2)4-6(3)7/h4-5H,7H2,1-3H3. The van der Waals surface area contributed by atoms with Gasteiger partial charge in [0.2, 0.25) is 0 Å². The summed E-state index contributed by atoms with van der Waals surface area (Å²) in [5, 5.41) is 0. The van der Waals surface area contributed by atoms with E-state index < -0.39 is 0 Å². The highest BCUT2D eigenvalue weighted by molar-refractivity contribution is 4.92. The molecule has 0 heterocycles. The highest BCUT2D eigenvalue weighted by Crippen LogP contribution is 1.94. The molecule has 0 saturated carbocycles. The monoisotopic (exact) mass is 99.1 g/mol. The second-order valence-electron chi connectivity index (χ2n) is 2.15. The Labute approximate surface area is 45.2 Å². The minimum Gasteiger partial charge on any atom is -0.403 e. The van der Waals surface area contributed by atoms with Crippen LogP contribution in [0.4, 0.5) is 0 Å². The van der Waals surface area contributed by atoms with Crippen molar-refractivity contribution in [1.29, 1.82) is 0 Å². The molecule has 0 aromatic rings. The van der Waals surface area contributed by atoms with E-state index in [9.17, 15) is 0 Å². The zero-order valence-electron chi connectivity index (χ0n) is 5.23. The van der Waals surface area contributed by atoms with Gasteiger partial charge in [-0.05, 0) is 12.8 Å². The van der Waals surface area contributed by atoms with Gasteiger partial charge >= 0.3 is 0 Å². The van der Waals surface area contributed by atoms with Crippen LogP contribution in [-0.4, -0.2) is 0 Å². The number of hydrogen-bond acceptors (Lipinski definition) is 1. The van der Waals surface area contributed by atoms with Gasteiger partial charge in [-0.1, -0.05) is 19.9 Å². The molecule has 0 radical (unpaired) electrons. The van der Waals surface area contributed by atoms with E-state index in [1.165, 1.54) is 0 Å². The van der Waals surface area contributed by atoms with Gasteiger partial charge in [0.25, 0.3) is 0 Å². The highest BCUT2D eigenvalue weighted by Gasteiger charge is 1.82. The Hall–Kier alpha value is -0.460. The van der Waals surface area contributed by atoms with Gasteiger partial charge in [-0.25, -0.2) is 0 Å². The maximum Gasteiger partial charge on any atom is 0.00109 e. The van der Waals surface area contributed by atoms with E-state index in [0.717, 1.165) is 5.70 Å². The third-order valence-corrected chi connectivity index (χ3v) is 0.596. The van der Waals surface area contributed by atoms with Crippen molar-refractivity contribution >= 4 is 0 Å². The van der Waals surface area contributed by atoms with Crippen molar-refractivity contribution in [3.63, 3.8) is 0 Å². The molecule has 7 heavy (non-hydrogen) atoms. The van der Waals surface area contributed by atoms with E-state index in [0.29, 0.717) is 5.92 Å². The molecule has 1 nitrogen and oxygen atoms in total. The van der Waals surface area contributed by atoms with Gasteiger partial charge in [-0.3, -0.25) is 0 Å². The molecule has 0 aromatic heterocycles. The van der Waals surface area contributed by atoms with Gasteiger partial charge in [-0.2, -0.15) is 0 Å². The molecule has 0 aliphatic rings. The topological polar surface area (TPSA) is 26.0 Å². The number of allylic oxidation sites excluding steroid dienone is 2. The van der Waals surface area contributed by atoms with Crippen molar-refractivity contribution < 1.29 is 0 Å². The molecular formula is C6H13N. The molecule has 0 spiro atoms. The lowest BCUT2D eigenvalue weighted by Crippen LogP contribution is -1.92. The molecule has 42 valence electrons. The Morgan fingerprint density at radius 2 is 2.00 bits per heavy atom. The van der Waals surface area contributed by atoms with E-state index >= 15 is 0 Å². The molecule has 0 aliphatic carbocycles. The number of nitrogens with two attached hydrogens (primary N) is 1. The minimum atomic E-state index is 0.588. The zero-order chi connectivity index (χ0) is 5.86. The fourth-order valence-corrected chi connectivity index (χ4v) is 0.526. The van der Waals surface area contributed by atoms with Crippen molar-refractivity contribution in [2.75, 3.05) is 0 Å². The number of hydrogen-bond donors (Lipinski definition) is 1. The summed E-state index contributed by atoms with van der Waals surface area (Å²) in [4.78, 5) is 0. The Kier molecular flexibility index (Phi) is 2.49. The summed E-state index contributed by atoms with van der Waals surface area (Å²) < 4.78 is 0. The van der Waals surface area contributed by atoms with Crippen molar-refractivity contribution in [3.05, 3.63) is 11.8 Å². The fraction of sp³-hybridized carbons (Fsp3) is 0.667. The van der Waals surface area contributed by atoms with Crippen LogP contribution in [0.5, 0.6) is 0 Å². The molecule has 0 atom stereocenters. The van der Waals surface area contributed by atoms with Crippen LogP contribution >= 0.6 is 0 Å². The van der Waals surface area contributed by atoms with Gasteiger partial charge in [-0.15, -0.1) is 0 Å². The van der Waals surface area contributed by atoms with Gasteiger partial charge in [0.15, 0.2) is 0 Å². The average Bonchev–Trinajstić information content (AvgIpc) is 1.27.